The van der Waals surface area contributed by atoms with Crippen molar-refractivity contribution in [3.05, 3.63) is 29.8 Å². The van der Waals surface area contributed by atoms with E-state index >= 15 is 0 Å². The number of carbonyl (C=O) groups excluding carboxylic acids is 1. The summed E-state index contributed by atoms with van der Waals surface area (Å²) >= 11 is 0. The molecule has 1 saturated carbocycles. The van der Waals surface area contributed by atoms with Crippen LogP contribution in [0.1, 0.15) is 43.6 Å². The Bertz CT molecular complexity index is 761. The Morgan fingerprint density at radius 1 is 1.29 bits per heavy atom. The molecule has 1 N–H and O–H groups in total. The third-order valence-corrected chi connectivity index (χ3v) is 6.92. The topological polar surface area (TPSA) is 70.1 Å². The molecule has 0 aromatic heterocycles. The number of carbonyl (C=O) groups is 2. The third kappa shape index (κ3) is 3.62. The summed E-state index contributed by atoms with van der Waals surface area (Å²) in [6.07, 6.45) is 4.78. The standard InChI is InChI=1S/C22H30N2O4/c1-23-14-22(8-9-22)12-18(21(26)27)19(23)20(25)24-10-4-6-16(13-24)15-5-3-7-17(11-15)28-2/h3,5,7,11,16,18-19H,4,6,8-10,12-14H2,1-2H3,(H,26,27). The molecule has 28 heavy (non-hydrogen) atoms. The lowest BCUT2D eigenvalue weighted by Crippen LogP contribution is -2.58. The minimum absolute atomic E-state index is 0.0157. The van der Waals surface area contributed by atoms with Crippen molar-refractivity contribution in [2.24, 2.45) is 11.3 Å². The Balaban J connectivity index is 1.50. The lowest BCUT2D eigenvalue weighted by molar-refractivity contribution is -0.156. The molecule has 3 unspecified atom stereocenters. The number of benzene rings is 1. The highest BCUT2D eigenvalue weighted by Crippen LogP contribution is 2.54. The van der Waals surface area contributed by atoms with Gasteiger partial charge in [0.15, 0.2) is 0 Å². The quantitative estimate of drug-likeness (QED) is 0.861. The van der Waals surface area contributed by atoms with Gasteiger partial charge < -0.3 is 14.7 Å². The van der Waals surface area contributed by atoms with Crippen LogP contribution in [0.5, 0.6) is 5.75 Å². The second-order valence-electron chi connectivity index (χ2n) is 8.91. The molecule has 0 radical (unpaired) electrons. The smallest absolute Gasteiger partial charge is 0.308 e. The van der Waals surface area contributed by atoms with Gasteiger partial charge in [0, 0.05) is 25.6 Å². The van der Waals surface area contributed by atoms with Crippen molar-refractivity contribution in [3.8, 4) is 5.75 Å². The van der Waals surface area contributed by atoms with Crippen molar-refractivity contribution in [3.63, 3.8) is 0 Å². The van der Waals surface area contributed by atoms with Crippen molar-refractivity contribution in [1.82, 2.24) is 9.80 Å². The van der Waals surface area contributed by atoms with E-state index in [1.54, 1.807) is 7.11 Å². The monoisotopic (exact) mass is 386 g/mol. The number of hydrogen-bond acceptors (Lipinski definition) is 4. The molecule has 1 aromatic carbocycles. The number of carboxylic acid groups (broad SMARTS) is 1. The van der Waals surface area contributed by atoms with E-state index in [4.69, 9.17) is 4.74 Å². The zero-order chi connectivity index (χ0) is 19.9. The highest BCUT2D eigenvalue weighted by molar-refractivity contribution is 5.88. The van der Waals surface area contributed by atoms with Crippen molar-refractivity contribution in [1.29, 1.82) is 0 Å². The van der Waals surface area contributed by atoms with Crippen LogP contribution < -0.4 is 4.74 Å². The number of nitrogens with zero attached hydrogens (tertiary/aromatic N) is 2. The Morgan fingerprint density at radius 3 is 2.75 bits per heavy atom. The van der Waals surface area contributed by atoms with Gasteiger partial charge in [-0.2, -0.15) is 0 Å². The lowest BCUT2D eigenvalue weighted by Gasteiger charge is -2.44. The number of rotatable bonds is 4. The zero-order valence-electron chi connectivity index (χ0n) is 16.8. The highest BCUT2D eigenvalue weighted by Gasteiger charge is 2.55. The van der Waals surface area contributed by atoms with Crippen LogP contribution >= 0.6 is 0 Å². The number of carboxylic acids is 1. The number of hydrogen-bond donors (Lipinski definition) is 1. The van der Waals surface area contributed by atoms with Crippen LogP contribution in [-0.4, -0.2) is 66.6 Å². The fourth-order valence-electron chi connectivity index (χ4n) is 5.23. The highest BCUT2D eigenvalue weighted by atomic mass is 16.5. The zero-order valence-corrected chi connectivity index (χ0v) is 16.8. The Kier molecular flexibility index (Phi) is 5.08. The summed E-state index contributed by atoms with van der Waals surface area (Å²) in [5.74, 6) is -0.366. The molecule has 152 valence electrons. The van der Waals surface area contributed by atoms with Gasteiger partial charge in [-0.25, -0.2) is 0 Å². The maximum absolute atomic E-state index is 13.4. The van der Waals surface area contributed by atoms with Crippen LogP contribution in [0.15, 0.2) is 24.3 Å². The molecule has 3 fully saturated rings. The Labute approximate surface area is 166 Å². The van der Waals surface area contributed by atoms with E-state index in [9.17, 15) is 14.7 Å². The second-order valence-corrected chi connectivity index (χ2v) is 8.91. The molecule has 4 rings (SSSR count). The average molecular weight is 386 g/mol. The number of amides is 1. The molecule has 6 heteroatoms. The normalized spacial score (nSPS) is 29.5. The predicted molar refractivity (Wildman–Crippen MR) is 105 cm³/mol. The molecule has 2 heterocycles. The number of likely N-dealkylation sites (N-methyl/N-ethyl adjacent to an activating group) is 1. The van der Waals surface area contributed by atoms with Gasteiger partial charge in [0.1, 0.15) is 11.8 Å². The van der Waals surface area contributed by atoms with E-state index < -0.39 is 17.9 Å². The van der Waals surface area contributed by atoms with E-state index in [0.29, 0.717) is 19.5 Å². The van der Waals surface area contributed by atoms with Crippen molar-refractivity contribution < 1.29 is 19.4 Å². The van der Waals surface area contributed by atoms with Gasteiger partial charge in [0.25, 0.3) is 0 Å². The van der Waals surface area contributed by atoms with Gasteiger partial charge in [0.05, 0.1) is 13.0 Å². The van der Waals surface area contributed by atoms with Crippen LogP contribution in [-0.2, 0) is 9.59 Å². The molecule has 2 aliphatic heterocycles. The molecule has 0 bridgehead atoms. The van der Waals surface area contributed by atoms with Gasteiger partial charge in [-0.1, -0.05) is 12.1 Å². The van der Waals surface area contributed by atoms with Crippen molar-refractivity contribution >= 4 is 11.9 Å². The molecular formula is C22H30N2O4. The minimum atomic E-state index is -0.836. The Morgan fingerprint density at radius 2 is 2.07 bits per heavy atom. The fraction of sp³-hybridized carbons (Fsp3) is 0.636. The molecule has 1 amide bonds. The van der Waals surface area contributed by atoms with E-state index in [1.165, 1.54) is 5.56 Å². The summed E-state index contributed by atoms with van der Waals surface area (Å²) < 4.78 is 5.34. The van der Waals surface area contributed by atoms with Crippen LogP contribution in [0.3, 0.4) is 0 Å². The van der Waals surface area contributed by atoms with Gasteiger partial charge >= 0.3 is 5.97 Å². The first kappa shape index (κ1) is 19.2. The van der Waals surface area contributed by atoms with Crippen LogP contribution in [0.4, 0.5) is 0 Å². The first-order valence-electron chi connectivity index (χ1n) is 10.3. The van der Waals surface area contributed by atoms with Gasteiger partial charge in [0.2, 0.25) is 5.91 Å². The SMILES string of the molecule is COc1cccc(C2CCCN(C(=O)C3C(C(=O)O)CC4(CC4)CN3C)C2)c1. The molecular weight excluding hydrogens is 356 g/mol. The molecule has 2 saturated heterocycles. The van der Waals surface area contributed by atoms with Gasteiger partial charge in [-0.3, -0.25) is 14.5 Å². The number of aliphatic carboxylic acids is 1. The molecule has 6 nitrogen and oxygen atoms in total. The number of methoxy groups -OCH3 is 1. The maximum atomic E-state index is 13.4. The molecule has 3 atom stereocenters. The minimum Gasteiger partial charge on any atom is -0.497 e. The van der Waals surface area contributed by atoms with Crippen LogP contribution in [0.25, 0.3) is 0 Å². The van der Waals surface area contributed by atoms with Crippen molar-refractivity contribution in [2.45, 2.75) is 44.1 Å². The lowest BCUT2D eigenvalue weighted by atomic mass is 9.80. The van der Waals surface area contributed by atoms with E-state index in [2.05, 4.69) is 6.07 Å². The first-order valence-corrected chi connectivity index (χ1v) is 10.3. The molecule has 1 spiro atoms. The second kappa shape index (κ2) is 7.39. The summed E-state index contributed by atoms with van der Waals surface area (Å²) in [6, 6.07) is 7.50. The third-order valence-electron chi connectivity index (χ3n) is 6.92. The summed E-state index contributed by atoms with van der Waals surface area (Å²) in [4.78, 5) is 29.3. The summed E-state index contributed by atoms with van der Waals surface area (Å²) in [7, 11) is 3.58. The molecule has 1 aromatic rings. The summed E-state index contributed by atoms with van der Waals surface area (Å²) in [6.45, 7) is 2.19. The Hall–Kier alpha value is -2.08. The summed E-state index contributed by atoms with van der Waals surface area (Å²) in [5.41, 5.74) is 1.32. The largest absolute Gasteiger partial charge is 0.497 e. The van der Waals surface area contributed by atoms with Crippen LogP contribution in [0, 0.1) is 11.3 Å². The van der Waals surface area contributed by atoms with E-state index in [-0.39, 0.29) is 17.2 Å². The van der Waals surface area contributed by atoms with Gasteiger partial charge in [-0.05, 0) is 62.3 Å². The van der Waals surface area contributed by atoms with E-state index in [0.717, 1.165) is 38.0 Å². The number of likely N-dealkylation sites (tertiary alicyclic amines) is 2. The van der Waals surface area contributed by atoms with E-state index in [1.807, 2.05) is 35.0 Å². The first-order chi connectivity index (χ1) is 13.4. The van der Waals surface area contributed by atoms with Crippen molar-refractivity contribution in [2.75, 3.05) is 33.8 Å². The number of ether oxygens (including phenoxy) is 1. The number of piperidine rings is 2. The predicted octanol–water partition coefficient (Wildman–Crippen LogP) is 2.59. The van der Waals surface area contributed by atoms with Gasteiger partial charge in [-0.15, -0.1) is 0 Å². The average Bonchev–Trinajstić information content (AvgIpc) is 3.45. The molecule has 3 aliphatic rings. The molecule has 1 aliphatic carbocycles. The fourth-order valence-corrected chi connectivity index (χ4v) is 5.23. The van der Waals surface area contributed by atoms with Crippen LogP contribution in [0.2, 0.25) is 0 Å². The summed E-state index contributed by atoms with van der Waals surface area (Å²) in [5, 5.41) is 9.81. The maximum Gasteiger partial charge on any atom is 0.308 e.